The highest BCUT2D eigenvalue weighted by Crippen LogP contribution is 2.16. The first-order chi connectivity index (χ1) is 26.2. The largest absolute Gasteiger partial charge is 0.481 e. The van der Waals surface area contributed by atoms with Crippen molar-refractivity contribution in [2.45, 2.75) is 257 Å². The normalized spacial score (nSPS) is 11.5. The number of carbonyl (C=O) groups excluding carboxylic acids is 2. The second-order valence-corrected chi connectivity index (χ2v) is 15.5. The molecule has 1 atom stereocenters. The van der Waals surface area contributed by atoms with Crippen molar-refractivity contribution in [1.82, 2.24) is 0 Å². The van der Waals surface area contributed by atoms with E-state index in [0.29, 0.717) is 19.3 Å². The van der Waals surface area contributed by atoms with Gasteiger partial charge in [0, 0.05) is 19.3 Å². The number of carbonyl (C=O) groups is 4. The molecule has 0 saturated heterocycles. The van der Waals surface area contributed by atoms with Crippen LogP contribution in [0, 0.1) is 0 Å². The van der Waals surface area contributed by atoms with Gasteiger partial charge < -0.3 is 25.2 Å². The van der Waals surface area contributed by atoms with Gasteiger partial charge in [-0.3, -0.25) is 14.4 Å². The maximum absolute atomic E-state index is 11.4. The van der Waals surface area contributed by atoms with Crippen LogP contribution < -0.4 is 0 Å². The van der Waals surface area contributed by atoms with E-state index in [1.54, 1.807) is 0 Å². The lowest BCUT2D eigenvalue weighted by Crippen LogP contribution is -2.28. The van der Waals surface area contributed by atoms with Gasteiger partial charge in [0.15, 0.2) is 6.10 Å². The molecular formula is C45H86O9. The number of carboxylic acids is 2. The van der Waals surface area contributed by atoms with E-state index in [1.807, 2.05) is 0 Å². The molecule has 0 aliphatic rings. The molecule has 4 N–H and O–H groups in total. The van der Waals surface area contributed by atoms with Crippen molar-refractivity contribution < 1.29 is 44.3 Å². The Kier molecular flexibility index (Phi) is 45.5. The summed E-state index contributed by atoms with van der Waals surface area (Å²) in [5.74, 6) is -3.04. The molecule has 0 aromatic heterocycles. The number of unbranched alkanes of at least 4 members (excludes halogenated alkanes) is 33. The van der Waals surface area contributed by atoms with E-state index in [9.17, 15) is 19.2 Å². The Labute approximate surface area is 331 Å². The van der Waals surface area contributed by atoms with Crippen LogP contribution in [0.2, 0.25) is 0 Å². The third kappa shape index (κ3) is 48.0. The predicted octanol–water partition coefficient (Wildman–Crippen LogP) is 12.4. The summed E-state index contributed by atoms with van der Waals surface area (Å²) in [6.07, 6.45) is 43.1. The maximum atomic E-state index is 11.4. The molecule has 1 unspecified atom stereocenters. The predicted molar refractivity (Wildman–Crippen MR) is 221 cm³/mol. The number of aliphatic carboxylic acids is 2. The number of carboxylic acid groups (broad SMARTS) is 2. The lowest BCUT2D eigenvalue weighted by molar-refractivity contribution is -0.167. The highest BCUT2D eigenvalue weighted by molar-refractivity contribution is 5.87. The zero-order valence-electron chi connectivity index (χ0n) is 35.0. The van der Waals surface area contributed by atoms with Crippen molar-refractivity contribution in [2.75, 3.05) is 6.61 Å². The summed E-state index contributed by atoms with van der Waals surface area (Å²) in [5.41, 5.74) is 0. The topological polar surface area (TPSA) is 158 Å². The van der Waals surface area contributed by atoms with Gasteiger partial charge in [0.05, 0.1) is 6.61 Å². The van der Waals surface area contributed by atoms with Crippen LogP contribution in [0.5, 0.6) is 0 Å². The average Bonchev–Trinajstić information content (AvgIpc) is 3.14. The summed E-state index contributed by atoms with van der Waals surface area (Å²) in [5, 5.41) is 34.7. The lowest BCUT2D eigenvalue weighted by Gasteiger charge is -2.06. The van der Waals surface area contributed by atoms with Gasteiger partial charge in [0.2, 0.25) is 0 Å². The van der Waals surface area contributed by atoms with Gasteiger partial charge >= 0.3 is 23.9 Å². The van der Waals surface area contributed by atoms with Gasteiger partial charge in [-0.25, -0.2) is 4.79 Å². The molecular weight excluding hydrogens is 684 g/mol. The molecule has 0 amide bonds. The number of aliphatic hydroxyl groups is 2. The monoisotopic (exact) mass is 771 g/mol. The zero-order chi connectivity index (χ0) is 40.2. The molecule has 54 heavy (non-hydrogen) atoms. The molecule has 0 saturated carbocycles. The Morgan fingerprint density at radius 2 is 0.611 bits per heavy atom. The molecule has 0 aromatic carbocycles. The van der Waals surface area contributed by atoms with Crippen molar-refractivity contribution in [3.05, 3.63) is 0 Å². The molecule has 0 radical (unpaired) electrons. The lowest BCUT2D eigenvalue weighted by atomic mass is 10.0. The Balaban J connectivity index is 0. The molecule has 9 heteroatoms. The Morgan fingerprint density at radius 1 is 0.389 bits per heavy atom. The summed E-state index contributed by atoms with van der Waals surface area (Å²) in [7, 11) is 0. The molecule has 0 spiro atoms. The number of ether oxygens (including phenoxy) is 1. The van der Waals surface area contributed by atoms with Gasteiger partial charge in [-0.2, -0.15) is 0 Å². The smallest absolute Gasteiger partial charge is 0.345 e. The highest BCUT2D eigenvalue weighted by atomic mass is 16.6. The number of rotatable bonds is 41. The minimum atomic E-state index is -1.63. The van der Waals surface area contributed by atoms with E-state index < -0.39 is 36.6 Å². The minimum absolute atomic E-state index is 0.183. The molecule has 320 valence electrons. The Morgan fingerprint density at radius 3 is 0.833 bits per heavy atom. The van der Waals surface area contributed by atoms with Crippen LogP contribution in [0.3, 0.4) is 0 Å². The fourth-order valence-corrected chi connectivity index (χ4v) is 6.68. The van der Waals surface area contributed by atoms with Crippen LogP contribution in [-0.4, -0.2) is 57.0 Å². The molecule has 0 fully saturated rings. The van der Waals surface area contributed by atoms with Crippen molar-refractivity contribution in [1.29, 1.82) is 0 Å². The van der Waals surface area contributed by atoms with Gasteiger partial charge in [-0.1, -0.05) is 212 Å². The van der Waals surface area contributed by atoms with Gasteiger partial charge in [-0.05, 0) is 19.3 Å². The fourth-order valence-electron chi connectivity index (χ4n) is 6.68. The summed E-state index contributed by atoms with van der Waals surface area (Å²) >= 11 is 0. The molecule has 9 nitrogen and oxygen atoms in total. The molecule has 0 aromatic rings. The second kappa shape index (κ2) is 45.4. The average molecular weight is 771 g/mol. The van der Waals surface area contributed by atoms with Crippen LogP contribution in [0.1, 0.15) is 251 Å². The summed E-state index contributed by atoms with van der Waals surface area (Å²) in [6, 6.07) is 0. The number of esters is 2. The zero-order valence-corrected chi connectivity index (χ0v) is 35.0. The summed E-state index contributed by atoms with van der Waals surface area (Å²) in [4.78, 5) is 43.3. The SMILES string of the molecule is CCCCCCCCCCCCCCCCCCCCCC(=O)OC(=O)C(O)CO.O=C(O)CCCCCCCCCCCCCCCCCCC(=O)O. The molecule has 0 aliphatic carbocycles. The third-order valence-electron chi connectivity index (χ3n) is 10.2. The van der Waals surface area contributed by atoms with Crippen LogP contribution in [0.25, 0.3) is 0 Å². The number of hydrogen-bond donors (Lipinski definition) is 4. The van der Waals surface area contributed by atoms with Crippen LogP contribution in [0.15, 0.2) is 0 Å². The van der Waals surface area contributed by atoms with E-state index >= 15 is 0 Å². The van der Waals surface area contributed by atoms with E-state index in [0.717, 1.165) is 38.5 Å². The van der Waals surface area contributed by atoms with Gasteiger partial charge in [-0.15, -0.1) is 0 Å². The molecule has 0 heterocycles. The van der Waals surface area contributed by atoms with E-state index in [2.05, 4.69) is 11.7 Å². The van der Waals surface area contributed by atoms with Gasteiger partial charge in [0.25, 0.3) is 0 Å². The van der Waals surface area contributed by atoms with E-state index in [4.69, 9.17) is 20.4 Å². The van der Waals surface area contributed by atoms with Crippen LogP contribution in [-0.2, 0) is 23.9 Å². The maximum Gasteiger partial charge on any atom is 0.345 e. The molecule has 0 rings (SSSR count). The van der Waals surface area contributed by atoms with Crippen molar-refractivity contribution >= 4 is 23.9 Å². The van der Waals surface area contributed by atoms with Gasteiger partial charge in [0.1, 0.15) is 0 Å². The van der Waals surface area contributed by atoms with Crippen LogP contribution >= 0.6 is 0 Å². The van der Waals surface area contributed by atoms with Crippen molar-refractivity contribution in [2.24, 2.45) is 0 Å². The highest BCUT2D eigenvalue weighted by Gasteiger charge is 2.18. The first-order valence-electron chi connectivity index (χ1n) is 22.7. The minimum Gasteiger partial charge on any atom is -0.481 e. The number of hydrogen-bond acceptors (Lipinski definition) is 7. The Bertz CT molecular complexity index is 802. The fraction of sp³-hybridized carbons (Fsp3) is 0.911. The van der Waals surface area contributed by atoms with Crippen molar-refractivity contribution in [3.8, 4) is 0 Å². The molecule has 0 aliphatic heterocycles. The molecule has 0 bridgehead atoms. The first-order valence-corrected chi connectivity index (χ1v) is 22.7. The van der Waals surface area contributed by atoms with Crippen molar-refractivity contribution in [3.63, 3.8) is 0 Å². The summed E-state index contributed by atoms with van der Waals surface area (Å²) in [6.45, 7) is 1.54. The quantitative estimate of drug-likeness (QED) is 0.0270. The summed E-state index contributed by atoms with van der Waals surface area (Å²) < 4.78 is 4.45. The first kappa shape index (κ1) is 54.1. The van der Waals surface area contributed by atoms with Crippen LogP contribution in [0.4, 0.5) is 0 Å². The third-order valence-corrected chi connectivity index (χ3v) is 10.2. The van der Waals surface area contributed by atoms with E-state index in [-0.39, 0.29) is 6.42 Å². The standard InChI is InChI=1S/C25H48O5.C20H38O4/c1-2-3-4-5-6-7-8-9-10-11-12-13-14-15-16-17-18-19-20-21-24(28)30-25(29)23(27)22-26;21-19(22)17-15-13-11-9-7-5-3-1-2-4-6-8-10-12-14-16-18-20(23)24/h23,26-27H,2-22H2,1H3;1-18H2,(H,21,22)(H,23,24). The van der Waals surface area contributed by atoms with E-state index in [1.165, 1.54) is 180 Å². The second-order valence-electron chi connectivity index (χ2n) is 15.5. The number of aliphatic hydroxyl groups excluding tert-OH is 2. The Hall–Kier alpha value is -2.00.